The molecule has 0 radical (unpaired) electrons. The molecule has 0 bridgehead atoms. The molecule has 18 heavy (non-hydrogen) atoms. The van der Waals surface area contributed by atoms with E-state index >= 15 is 0 Å². The fraction of sp³-hybridized carbons (Fsp3) is 0.571. The number of hydrogen-bond donors (Lipinski definition) is 0. The van der Waals surface area contributed by atoms with Crippen LogP contribution >= 0.6 is 11.6 Å². The quantitative estimate of drug-likeness (QED) is 0.623. The van der Waals surface area contributed by atoms with Crippen molar-refractivity contribution in [2.24, 2.45) is 0 Å². The van der Waals surface area contributed by atoms with Gasteiger partial charge in [-0.25, -0.2) is 4.98 Å². The summed E-state index contributed by atoms with van der Waals surface area (Å²) < 4.78 is 2.32. The van der Waals surface area contributed by atoms with Crippen LogP contribution in [0.5, 0.6) is 0 Å². The van der Waals surface area contributed by atoms with Crippen LogP contribution in [0.3, 0.4) is 0 Å². The number of aromatic nitrogens is 3. The van der Waals surface area contributed by atoms with Crippen LogP contribution in [0.1, 0.15) is 39.4 Å². The molecule has 0 saturated carbocycles. The molecule has 0 aromatic carbocycles. The van der Waals surface area contributed by atoms with E-state index in [1.165, 1.54) is 5.52 Å². The number of unbranched alkanes of at least 4 members (excludes halogenated alkanes) is 1. The van der Waals surface area contributed by atoms with E-state index in [9.17, 15) is 0 Å². The highest BCUT2D eigenvalue weighted by molar-refractivity contribution is 6.17. The van der Waals surface area contributed by atoms with Crippen LogP contribution in [-0.4, -0.2) is 20.4 Å². The van der Waals surface area contributed by atoms with Crippen molar-refractivity contribution in [1.29, 1.82) is 0 Å². The summed E-state index contributed by atoms with van der Waals surface area (Å²) in [5.41, 5.74) is 2.18. The number of imidazole rings is 1. The summed E-state index contributed by atoms with van der Waals surface area (Å²) in [6.45, 7) is 6.62. The molecule has 2 heterocycles. The van der Waals surface area contributed by atoms with Gasteiger partial charge in [0.2, 0.25) is 0 Å². The van der Waals surface area contributed by atoms with Gasteiger partial charge < -0.3 is 4.57 Å². The zero-order chi connectivity index (χ0) is 13.2. The number of fused-ring (bicyclic) bond motifs is 1. The van der Waals surface area contributed by atoms with Gasteiger partial charge in [0, 0.05) is 24.0 Å². The largest absolute Gasteiger partial charge is 0.323 e. The molecule has 0 aliphatic rings. The van der Waals surface area contributed by atoms with Crippen LogP contribution in [0, 0.1) is 0 Å². The summed E-state index contributed by atoms with van der Waals surface area (Å²) >= 11 is 5.74. The fourth-order valence-corrected chi connectivity index (χ4v) is 2.46. The fourth-order valence-electron chi connectivity index (χ4n) is 2.28. The Morgan fingerprint density at radius 2 is 2.06 bits per heavy atom. The summed E-state index contributed by atoms with van der Waals surface area (Å²) in [7, 11) is 0. The molecule has 0 saturated heterocycles. The molecule has 4 heteroatoms. The van der Waals surface area contributed by atoms with E-state index in [1.54, 1.807) is 0 Å². The van der Waals surface area contributed by atoms with Crippen molar-refractivity contribution in [3.63, 3.8) is 0 Å². The molecule has 0 fully saturated rings. The van der Waals surface area contributed by atoms with Gasteiger partial charge >= 0.3 is 0 Å². The van der Waals surface area contributed by atoms with E-state index in [2.05, 4.69) is 30.3 Å². The number of rotatable bonds is 4. The van der Waals surface area contributed by atoms with E-state index in [0.717, 1.165) is 36.5 Å². The molecule has 0 aliphatic heterocycles. The molecule has 0 aliphatic carbocycles. The van der Waals surface area contributed by atoms with Gasteiger partial charge in [0.1, 0.15) is 11.3 Å². The Morgan fingerprint density at radius 3 is 2.72 bits per heavy atom. The zero-order valence-electron chi connectivity index (χ0n) is 11.3. The number of aryl methyl sites for hydroxylation is 1. The summed E-state index contributed by atoms with van der Waals surface area (Å²) in [5.74, 6) is 1.85. The minimum atomic E-state index is 0.0341. The Morgan fingerprint density at radius 1 is 1.28 bits per heavy atom. The SMILES string of the molecule is CC(C)(C)n1c(CCCCCl)nc2cnccc21. The minimum absolute atomic E-state index is 0.0341. The van der Waals surface area contributed by atoms with Gasteiger partial charge in [-0.15, -0.1) is 11.6 Å². The van der Waals surface area contributed by atoms with Gasteiger partial charge in [-0.1, -0.05) is 0 Å². The third-order valence-electron chi connectivity index (χ3n) is 2.98. The summed E-state index contributed by atoms with van der Waals surface area (Å²) in [5, 5.41) is 0. The molecule has 98 valence electrons. The molecule has 0 N–H and O–H groups in total. The number of hydrogen-bond acceptors (Lipinski definition) is 2. The maximum Gasteiger partial charge on any atom is 0.110 e. The predicted octanol–water partition coefficient (Wildman–Crippen LogP) is 3.75. The molecule has 2 aromatic heterocycles. The van der Waals surface area contributed by atoms with E-state index in [4.69, 9.17) is 16.6 Å². The lowest BCUT2D eigenvalue weighted by Gasteiger charge is -2.24. The Bertz CT molecular complexity index is 525. The van der Waals surface area contributed by atoms with Crippen LogP contribution in [0.25, 0.3) is 11.0 Å². The van der Waals surface area contributed by atoms with Crippen LogP contribution in [0.2, 0.25) is 0 Å². The van der Waals surface area contributed by atoms with Crippen molar-refractivity contribution in [3.8, 4) is 0 Å². The highest BCUT2D eigenvalue weighted by Crippen LogP contribution is 2.25. The van der Waals surface area contributed by atoms with Crippen molar-refractivity contribution < 1.29 is 0 Å². The predicted molar refractivity (Wildman–Crippen MR) is 76.2 cm³/mol. The lowest BCUT2D eigenvalue weighted by molar-refractivity contribution is 0.392. The minimum Gasteiger partial charge on any atom is -0.323 e. The smallest absolute Gasteiger partial charge is 0.110 e. The average molecular weight is 266 g/mol. The Balaban J connectivity index is 2.44. The summed E-state index contributed by atoms with van der Waals surface area (Å²) in [6.07, 6.45) is 6.75. The first-order valence-corrected chi connectivity index (χ1v) is 6.95. The number of nitrogens with zero attached hydrogens (tertiary/aromatic N) is 3. The monoisotopic (exact) mass is 265 g/mol. The van der Waals surface area contributed by atoms with Crippen molar-refractivity contribution in [1.82, 2.24) is 14.5 Å². The van der Waals surface area contributed by atoms with Gasteiger partial charge in [-0.05, 0) is 39.7 Å². The van der Waals surface area contributed by atoms with E-state index in [0.29, 0.717) is 0 Å². The number of alkyl halides is 1. The molecule has 0 spiro atoms. The van der Waals surface area contributed by atoms with Crippen molar-refractivity contribution in [3.05, 3.63) is 24.3 Å². The molecular formula is C14H20ClN3. The van der Waals surface area contributed by atoms with E-state index in [-0.39, 0.29) is 5.54 Å². The van der Waals surface area contributed by atoms with Gasteiger partial charge in [-0.2, -0.15) is 0 Å². The molecule has 2 rings (SSSR count). The number of halogens is 1. The van der Waals surface area contributed by atoms with Crippen LogP contribution in [-0.2, 0) is 12.0 Å². The van der Waals surface area contributed by atoms with Crippen LogP contribution in [0.15, 0.2) is 18.5 Å². The second-order valence-corrected chi connectivity index (χ2v) is 5.92. The van der Waals surface area contributed by atoms with E-state index in [1.807, 2.05) is 18.5 Å². The standard InChI is InChI=1S/C14H20ClN3/c1-14(2,3)18-12-7-9-16-10-11(12)17-13(18)6-4-5-8-15/h7,9-10H,4-6,8H2,1-3H3. The topological polar surface area (TPSA) is 30.7 Å². The van der Waals surface area contributed by atoms with Crippen molar-refractivity contribution in [2.75, 3.05) is 5.88 Å². The van der Waals surface area contributed by atoms with Crippen molar-refractivity contribution >= 4 is 22.6 Å². The zero-order valence-corrected chi connectivity index (χ0v) is 12.0. The van der Waals surface area contributed by atoms with E-state index < -0.39 is 0 Å². The van der Waals surface area contributed by atoms with Gasteiger partial charge in [0.25, 0.3) is 0 Å². The summed E-state index contributed by atoms with van der Waals surface area (Å²) in [4.78, 5) is 8.86. The highest BCUT2D eigenvalue weighted by Gasteiger charge is 2.20. The lowest BCUT2D eigenvalue weighted by Crippen LogP contribution is -2.24. The molecule has 0 unspecified atom stereocenters. The average Bonchev–Trinajstić information content (AvgIpc) is 2.67. The first-order valence-electron chi connectivity index (χ1n) is 6.42. The maximum absolute atomic E-state index is 5.74. The Labute approximate surface area is 113 Å². The maximum atomic E-state index is 5.74. The van der Waals surface area contributed by atoms with Crippen LogP contribution in [0.4, 0.5) is 0 Å². The normalized spacial score (nSPS) is 12.2. The number of pyridine rings is 1. The van der Waals surface area contributed by atoms with Gasteiger partial charge in [0.05, 0.1) is 11.7 Å². The van der Waals surface area contributed by atoms with Crippen LogP contribution < -0.4 is 0 Å². The molecule has 3 nitrogen and oxygen atoms in total. The lowest BCUT2D eigenvalue weighted by atomic mass is 10.1. The molecule has 2 aromatic rings. The second-order valence-electron chi connectivity index (χ2n) is 5.54. The third kappa shape index (κ3) is 2.66. The van der Waals surface area contributed by atoms with Gasteiger partial charge in [0.15, 0.2) is 0 Å². The van der Waals surface area contributed by atoms with Gasteiger partial charge in [-0.3, -0.25) is 4.98 Å². The first kappa shape index (κ1) is 13.3. The molecule has 0 atom stereocenters. The Hall–Kier alpha value is -1.09. The third-order valence-corrected chi connectivity index (χ3v) is 3.25. The highest BCUT2D eigenvalue weighted by atomic mass is 35.5. The van der Waals surface area contributed by atoms with Crippen molar-refractivity contribution in [2.45, 2.75) is 45.6 Å². The summed E-state index contributed by atoms with van der Waals surface area (Å²) in [6, 6.07) is 2.04. The molecule has 0 amide bonds. The Kier molecular flexibility index (Phi) is 3.91. The second kappa shape index (κ2) is 5.27. The first-order chi connectivity index (χ1) is 8.54. The molecular weight excluding hydrogens is 246 g/mol.